The predicted octanol–water partition coefficient (Wildman–Crippen LogP) is 3.78. The van der Waals surface area contributed by atoms with E-state index in [4.69, 9.17) is 0 Å². The summed E-state index contributed by atoms with van der Waals surface area (Å²) in [6, 6.07) is 10.9. The number of benzene rings is 1. The number of ether oxygens (including phenoxy) is 1. The van der Waals surface area contributed by atoms with Crippen molar-refractivity contribution in [3.63, 3.8) is 0 Å². The minimum Gasteiger partial charge on any atom is -0.405 e. The fraction of sp³-hybridized carbons (Fsp3) is 0.273. The second-order valence-corrected chi connectivity index (χ2v) is 7.43. The standard InChI is InChI=1S/C22H21F3N6O2/c1-15-6-7-26-18(12-15)29-19-13-20(28-14-27-19)30-8-10-31(11-9-30)21(32)16-4-2-3-5-17(16)33-22(23,24)25/h2-7,12-14H,8-11H2,1H3,(H,26,27,28,29). The molecule has 11 heteroatoms. The third kappa shape index (κ3) is 5.68. The summed E-state index contributed by atoms with van der Waals surface area (Å²) < 4.78 is 42.1. The molecule has 172 valence electrons. The number of rotatable bonds is 5. The molecule has 2 aromatic heterocycles. The second-order valence-electron chi connectivity index (χ2n) is 7.43. The van der Waals surface area contributed by atoms with Crippen LogP contribution in [0, 0.1) is 6.92 Å². The summed E-state index contributed by atoms with van der Waals surface area (Å²) in [6.07, 6.45) is -1.73. The van der Waals surface area contributed by atoms with Gasteiger partial charge in [0.05, 0.1) is 5.56 Å². The summed E-state index contributed by atoms with van der Waals surface area (Å²) in [5.74, 6) is 0.900. The van der Waals surface area contributed by atoms with Crippen LogP contribution in [0.15, 0.2) is 55.0 Å². The molecule has 0 aliphatic carbocycles. The second kappa shape index (κ2) is 9.31. The number of aryl methyl sites for hydroxylation is 1. The lowest BCUT2D eigenvalue weighted by atomic mass is 10.1. The smallest absolute Gasteiger partial charge is 0.405 e. The highest BCUT2D eigenvalue weighted by Crippen LogP contribution is 2.28. The van der Waals surface area contributed by atoms with Gasteiger partial charge in [-0.25, -0.2) is 15.0 Å². The molecule has 1 amide bonds. The van der Waals surface area contributed by atoms with E-state index >= 15 is 0 Å². The average Bonchev–Trinajstić information content (AvgIpc) is 2.78. The highest BCUT2D eigenvalue weighted by atomic mass is 19.4. The number of anilines is 3. The number of pyridine rings is 1. The number of nitrogens with one attached hydrogen (secondary N) is 1. The van der Waals surface area contributed by atoms with Crippen LogP contribution in [0.25, 0.3) is 0 Å². The van der Waals surface area contributed by atoms with Crippen molar-refractivity contribution in [2.45, 2.75) is 13.3 Å². The van der Waals surface area contributed by atoms with Crippen LogP contribution in [0.5, 0.6) is 5.75 Å². The Bertz CT molecular complexity index is 1130. The first-order valence-corrected chi connectivity index (χ1v) is 10.2. The molecule has 0 atom stereocenters. The van der Waals surface area contributed by atoms with E-state index in [0.717, 1.165) is 11.6 Å². The van der Waals surface area contributed by atoms with E-state index in [1.165, 1.54) is 29.4 Å². The molecule has 1 fully saturated rings. The zero-order valence-electron chi connectivity index (χ0n) is 17.7. The van der Waals surface area contributed by atoms with Gasteiger partial charge in [0.2, 0.25) is 0 Å². The third-order valence-corrected chi connectivity index (χ3v) is 5.06. The molecule has 0 bridgehead atoms. The molecule has 33 heavy (non-hydrogen) atoms. The quantitative estimate of drug-likeness (QED) is 0.623. The van der Waals surface area contributed by atoms with E-state index in [1.807, 2.05) is 24.0 Å². The van der Waals surface area contributed by atoms with Crippen molar-refractivity contribution in [1.82, 2.24) is 19.9 Å². The molecule has 1 aromatic carbocycles. The first kappa shape index (κ1) is 22.3. The monoisotopic (exact) mass is 458 g/mol. The van der Waals surface area contributed by atoms with Gasteiger partial charge in [-0.15, -0.1) is 13.2 Å². The first-order valence-electron chi connectivity index (χ1n) is 10.2. The number of aromatic nitrogens is 3. The summed E-state index contributed by atoms with van der Waals surface area (Å²) >= 11 is 0. The summed E-state index contributed by atoms with van der Waals surface area (Å²) in [5, 5.41) is 3.14. The molecule has 1 aliphatic rings. The van der Waals surface area contributed by atoms with Gasteiger partial charge in [0.25, 0.3) is 5.91 Å². The number of carbonyl (C=O) groups excluding carboxylic acids is 1. The maximum Gasteiger partial charge on any atom is 0.573 e. The highest BCUT2D eigenvalue weighted by Gasteiger charge is 2.34. The fourth-order valence-electron chi connectivity index (χ4n) is 3.49. The summed E-state index contributed by atoms with van der Waals surface area (Å²) in [4.78, 5) is 29.1. The van der Waals surface area contributed by atoms with E-state index in [1.54, 1.807) is 12.3 Å². The van der Waals surface area contributed by atoms with Crippen molar-refractivity contribution in [2.24, 2.45) is 0 Å². The zero-order valence-corrected chi connectivity index (χ0v) is 17.7. The van der Waals surface area contributed by atoms with Crippen LogP contribution in [0.1, 0.15) is 15.9 Å². The van der Waals surface area contributed by atoms with E-state index in [9.17, 15) is 18.0 Å². The largest absolute Gasteiger partial charge is 0.573 e. The minimum atomic E-state index is -4.87. The Kier molecular flexibility index (Phi) is 6.29. The van der Waals surface area contributed by atoms with Crippen LogP contribution >= 0.6 is 0 Å². The minimum absolute atomic E-state index is 0.123. The molecule has 3 aromatic rings. The van der Waals surface area contributed by atoms with E-state index in [2.05, 4.69) is 25.0 Å². The van der Waals surface area contributed by atoms with Gasteiger partial charge in [-0.05, 0) is 36.8 Å². The van der Waals surface area contributed by atoms with Gasteiger partial charge in [0.1, 0.15) is 29.5 Å². The summed E-state index contributed by atoms with van der Waals surface area (Å²) in [6.45, 7) is 3.55. The Labute approximate surface area is 188 Å². The Balaban J connectivity index is 1.41. The van der Waals surface area contributed by atoms with Gasteiger partial charge in [-0.3, -0.25) is 4.79 Å². The zero-order chi connectivity index (χ0) is 23.4. The molecule has 8 nitrogen and oxygen atoms in total. The van der Waals surface area contributed by atoms with Gasteiger partial charge < -0.3 is 19.9 Å². The Morgan fingerprint density at radius 3 is 2.45 bits per heavy atom. The van der Waals surface area contributed by atoms with Crippen LogP contribution in [0.3, 0.4) is 0 Å². The van der Waals surface area contributed by atoms with Crippen LogP contribution in [-0.4, -0.2) is 58.3 Å². The van der Waals surface area contributed by atoms with E-state index in [0.29, 0.717) is 43.6 Å². The topological polar surface area (TPSA) is 83.5 Å². The lowest BCUT2D eigenvalue weighted by Crippen LogP contribution is -2.49. The number of hydrogen-bond donors (Lipinski definition) is 1. The molecular weight excluding hydrogens is 437 g/mol. The highest BCUT2D eigenvalue weighted by molar-refractivity contribution is 5.97. The van der Waals surface area contributed by atoms with Crippen molar-refractivity contribution in [1.29, 1.82) is 0 Å². The van der Waals surface area contributed by atoms with Crippen molar-refractivity contribution < 1.29 is 22.7 Å². The van der Waals surface area contributed by atoms with Crippen molar-refractivity contribution in [2.75, 3.05) is 36.4 Å². The molecule has 1 N–H and O–H groups in total. The predicted molar refractivity (Wildman–Crippen MR) is 116 cm³/mol. The number of para-hydroxylation sites is 1. The van der Waals surface area contributed by atoms with Crippen molar-refractivity contribution >= 4 is 23.4 Å². The molecule has 1 aliphatic heterocycles. The maximum absolute atomic E-state index is 12.9. The Hall–Kier alpha value is -3.89. The van der Waals surface area contributed by atoms with Gasteiger partial charge in [-0.1, -0.05) is 12.1 Å². The molecule has 1 saturated heterocycles. The molecule has 0 unspecified atom stereocenters. The van der Waals surface area contributed by atoms with Gasteiger partial charge in [0, 0.05) is 38.4 Å². The van der Waals surface area contributed by atoms with Crippen LogP contribution in [-0.2, 0) is 0 Å². The molecule has 3 heterocycles. The lowest BCUT2D eigenvalue weighted by Gasteiger charge is -2.35. The van der Waals surface area contributed by atoms with Crippen molar-refractivity contribution in [3.05, 3.63) is 66.1 Å². The average molecular weight is 458 g/mol. The number of piperazine rings is 1. The number of halogens is 3. The molecule has 0 saturated carbocycles. The van der Waals surface area contributed by atoms with Crippen LogP contribution in [0.2, 0.25) is 0 Å². The van der Waals surface area contributed by atoms with Crippen molar-refractivity contribution in [3.8, 4) is 5.75 Å². The normalized spacial score (nSPS) is 14.2. The van der Waals surface area contributed by atoms with E-state index < -0.39 is 18.0 Å². The van der Waals surface area contributed by atoms with Gasteiger partial charge in [-0.2, -0.15) is 0 Å². The molecular formula is C22H21F3N6O2. The van der Waals surface area contributed by atoms with Gasteiger partial charge in [0.15, 0.2) is 0 Å². The third-order valence-electron chi connectivity index (χ3n) is 5.06. The number of alkyl halides is 3. The number of carbonyl (C=O) groups is 1. The molecule has 0 spiro atoms. The molecule has 4 rings (SSSR count). The Morgan fingerprint density at radius 2 is 1.73 bits per heavy atom. The SMILES string of the molecule is Cc1ccnc(Nc2cc(N3CCN(C(=O)c4ccccc4OC(F)(F)F)CC3)ncn2)c1. The fourth-order valence-corrected chi connectivity index (χ4v) is 3.49. The summed E-state index contributed by atoms with van der Waals surface area (Å²) in [5.41, 5.74) is 0.937. The first-order chi connectivity index (χ1) is 15.8. The number of hydrogen-bond acceptors (Lipinski definition) is 7. The summed E-state index contributed by atoms with van der Waals surface area (Å²) in [7, 11) is 0. The lowest BCUT2D eigenvalue weighted by molar-refractivity contribution is -0.274. The number of amides is 1. The number of nitrogens with zero attached hydrogens (tertiary/aromatic N) is 5. The van der Waals surface area contributed by atoms with E-state index in [-0.39, 0.29) is 5.56 Å². The van der Waals surface area contributed by atoms with Crippen LogP contribution in [0.4, 0.5) is 30.6 Å². The molecule has 0 radical (unpaired) electrons. The maximum atomic E-state index is 12.9. The van der Waals surface area contributed by atoms with Gasteiger partial charge >= 0.3 is 6.36 Å². The Morgan fingerprint density at radius 1 is 1.00 bits per heavy atom. The van der Waals surface area contributed by atoms with Crippen LogP contribution < -0.4 is 15.0 Å².